The summed E-state index contributed by atoms with van der Waals surface area (Å²) < 4.78 is 7.17. The van der Waals surface area contributed by atoms with Crippen molar-refractivity contribution >= 4 is 16.9 Å². The first kappa shape index (κ1) is 13.4. The molecule has 0 aliphatic heterocycles. The van der Waals surface area contributed by atoms with Crippen molar-refractivity contribution in [2.45, 2.75) is 13.8 Å². The molecule has 0 aliphatic rings. The Morgan fingerprint density at radius 2 is 1.95 bits per heavy atom. The monoisotopic (exact) mass is 279 g/mol. The summed E-state index contributed by atoms with van der Waals surface area (Å²) in [6.45, 7) is 4.26. The number of hydrogen-bond donors (Lipinski definition) is 0. The minimum Gasteiger partial charge on any atom is -0.462 e. The van der Waals surface area contributed by atoms with Gasteiger partial charge in [0, 0.05) is 11.6 Å². The molecule has 1 aromatic heterocycles. The molecule has 0 N–H and O–H groups in total. The number of benzene rings is 2. The number of nitrogens with zero attached hydrogens (tertiary/aromatic N) is 1. The lowest BCUT2D eigenvalue weighted by atomic mass is 10.1. The highest BCUT2D eigenvalue weighted by Crippen LogP contribution is 2.24. The van der Waals surface area contributed by atoms with E-state index in [1.807, 2.05) is 35.9 Å². The van der Waals surface area contributed by atoms with E-state index in [-0.39, 0.29) is 5.97 Å². The summed E-state index contributed by atoms with van der Waals surface area (Å²) in [6.07, 6.45) is 1.99. The van der Waals surface area contributed by atoms with Gasteiger partial charge < -0.3 is 9.30 Å². The first-order chi connectivity index (χ1) is 10.2. The molecule has 0 bridgehead atoms. The molecule has 21 heavy (non-hydrogen) atoms. The van der Waals surface area contributed by atoms with Crippen molar-refractivity contribution in [3.05, 3.63) is 65.9 Å². The third-order valence-electron chi connectivity index (χ3n) is 3.50. The summed E-state index contributed by atoms with van der Waals surface area (Å²) in [5.41, 5.74) is 3.73. The van der Waals surface area contributed by atoms with Crippen LogP contribution in [0.5, 0.6) is 0 Å². The number of hydrogen-bond acceptors (Lipinski definition) is 2. The summed E-state index contributed by atoms with van der Waals surface area (Å²) in [5, 5.41) is 1.16. The average molecular weight is 279 g/mol. The highest BCUT2D eigenvalue weighted by Gasteiger charge is 2.14. The molecule has 106 valence electrons. The molecule has 0 unspecified atom stereocenters. The summed E-state index contributed by atoms with van der Waals surface area (Å²) in [6, 6.07) is 15.9. The maximum Gasteiger partial charge on any atom is 0.340 e. The van der Waals surface area contributed by atoms with E-state index >= 15 is 0 Å². The molecule has 0 spiro atoms. The number of aromatic nitrogens is 1. The predicted octanol–water partition coefficient (Wildman–Crippen LogP) is 4.12. The van der Waals surface area contributed by atoms with Crippen molar-refractivity contribution in [1.29, 1.82) is 0 Å². The first-order valence-corrected chi connectivity index (χ1v) is 7.05. The van der Waals surface area contributed by atoms with E-state index in [9.17, 15) is 4.79 Å². The highest BCUT2D eigenvalue weighted by atomic mass is 16.5. The fraction of sp³-hybridized carbons (Fsp3) is 0.167. The normalized spacial score (nSPS) is 10.8. The molecule has 3 heteroatoms. The van der Waals surface area contributed by atoms with Gasteiger partial charge in [0.2, 0.25) is 0 Å². The summed E-state index contributed by atoms with van der Waals surface area (Å²) in [7, 11) is 0. The van der Waals surface area contributed by atoms with E-state index in [4.69, 9.17) is 4.74 Å². The fourth-order valence-electron chi connectivity index (χ4n) is 2.54. The zero-order valence-corrected chi connectivity index (χ0v) is 12.2. The highest BCUT2D eigenvalue weighted by molar-refractivity contribution is 5.95. The van der Waals surface area contributed by atoms with Crippen LogP contribution in [-0.4, -0.2) is 17.1 Å². The molecule has 3 rings (SSSR count). The molecule has 1 heterocycles. The topological polar surface area (TPSA) is 31.2 Å². The third kappa shape index (κ3) is 2.42. The van der Waals surface area contributed by atoms with Crippen LogP contribution in [0.15, 0.2) is 54.7 Å². The minimum atomic E-state index is -0.290. The number of carbonyl (C=O) groups is 1. The zero-order valence-electron chi connectivity index (χ0n) is 12.2. The van der Waals surface area contributed by atoms with Crippen LogP contribution in [0.2, 0.25) is 0 Å². The van der Waals surface area contributed by atoms with Gasteiger partial charge in [0.1, 0.15) is 0 Å². The van der Waals surface area contributed by atoms with E-state index < -0.39 is 0 Å². The molecule has 0 saturated heterocycles. The molecule has 3 aromatic rings. The van der Waals surface area contributed by atoms with Gasteiger partial charge >= 0.3 is 5.97 Å². The van der Waals surface area contributed by atoms with E-state index in [0.717, 1.165) is 16.6 Å². The van der Waals surface area contributed by atoms with Gasteiger partial charge in [-0.25, -0.2) is 4.79 Å². The van der Waals surface area contributed by atoms with E-state index in [1.165, 1.54) is 5.56 Å². The Kier molecular flexibility index (Phi) is 3.48. The van der Waals surface area contributed by atoms with Crippen LogP contribution in [0.4, 0.5) is 0 Å². The van der Waals surface area contributed by atoms with Crippen molar-refractivity contribution in [2.24, 2.45) is 0 Å². The van der Waals surface area contributed by atoms with Gasteiger partial charge in [0.25, 0.3) is 0 Å². The van der Waals surface area contributed by atoms with Crippen molar-refractivity contribution in [3.63, 3.8) is 0 Å². The van der Waals surface area contributed by atoms with Crippen LogP contribution in [0, 0.1) is 6.92 Å². The van der Waals surface area contributed by atoms with Crippen molar-refractivity contribution in [3.8, 4) is 5.69 Å². The van der Waals surface area contributed by atoms with Crippen LogP contribution in [0.1, 0.15) is 22.8 Å². The molecule has 0 amide bonds. The Balaban J connectivity index is 2.17. The van der Waals surface area contributed by atoms with Gasteiger partial charge in [0.15, 0.2) is 0 Å². The fourth-order valence-corrected chi connectivity index (χ4v) is 2.54. The van der Waals surface area contributed by atoms with Crippen molar-refractivity contribution in [2.75, 3.05) is 6.61 Å². The van der Waals surface area contributed by atoms with Gasteiger partial charge in [-0.2, -0.15) is 0 Å². The number of carbonyl (C=O) groups excluding carboxylic acids is 1. The van der Waals surface area contributed by atoms with Crippen LogP contribution >= 0.6 is 0 Å². The van der Waals surface area contributed by atoms with Crippen LogP contribution in [0.25, 0.3) is 16.6 Å². The SMILES string of the molecule is CCOC(=O)c1ccccc1-n1ccc2cc(C)ccc21. The van der Waals surface area contributed by atoms with Gasteiger partial charge in [-0.05, 0) is 44.2 Å². The van der Waals surface area contributed by atoms with Crippen LogP contribution < -0.4 is 0 Å². The lowest BCUT2D eigenvalue weighted by molar-refractivity contribution is 0.0526. The number of fused-ring (bicyclic) bond motifs is 1. The smallest absolute Gasteiger partial charge is 0.340 e. The number of ether oxygens (including phenoxy) is 1. The number of esters is 1. The molecule has 0 fully saturated rings. The first-order valence-electron chi connectivity index (χ1n) is 7.05. The summed E-state index contributed by atoms with van der Waals surface area (Å²) in [5.74, 6) is -0.290. The maximum atomic E-state index is 12.1. The Labute approximate surface area is 123 Å². The molecule has 2 aromatic carbocycles. The quantitative estimate of drug-likeness (QED) is 0.675. The Bertz CT molecular complexity index is 802. The summed E-state index contributed by atoms with van der Waals surface area (Å²) >= 11 is 0. The average Bonchev–Trinajstić information content (AvgIpc) is 2.90. The van der Waals surface area contributed by atoms with E-state index in [0.29, 0.717) is 12.2 Å². The lowest BCUT2D eigenvalue weighted by Crippen LogP contribution is -2.09. The Morgan fingerprint density at radius 1 is 1.14 bits per heavy atom. The van der Waals surface area contributed by atoms with Crippen LogP contribution in [0.3, 0.4) is 0 Å². The molecule has 0 atom stereocenters. The van der Waals surface area contributed by atoms with Gasteiger partial charge in [-0.1, -0.05) is 23.8 Å². The predicted molar refractivity (Wildman–Crippen MR) is 84.0 cm³/mol. The van der Waals surface area contributed by atoms with Crippen LogP contribution in [-0.2, 0) is 4.74 Å². The van der Waals surface area contributed by atoms with E-state index in [1.54, 1.807) is 6.07 Å². The van der Waals surface area contributed by atoms with Gasteiger partial charge in [-0.3, -0.25) is 0 Å². The van der Waals surface area contributed by atoms with Gasteiger partial charge in [-0.15, -0.1) is 0 Å². The number of rotatable bonds is 3. The maximum absolute atomic E-state index is 12.1. The zero-order chi connectivity index (χ0) is 14.8. The number of para-hydroxylation sites is 1. The minimum absolute atomic E-state index is 0.290. The van der Waals surface area contributed by atoms with Gasteiger partial charge in [0.05, 0.1) is 23.4 Å². The largest absolute Gasteiger partial charge is 0.462 e. The molecule has 0 aliphatic carbocycles. The Morgan fingerprint density at radius 3 is 2.76 bits per heavy atom. The Hall–Kier alpha value is -2.55. The molecule has 3 nitrogen and oxygen atoms in total. The second-order valence-corrected chi connectivity index (χ2v) is 4.99. The van der Waals surface area contributed by atoms with Crippen molar-refractivity contribution in [1.82, 2.24) is 4.57 Å². The standard InChI is InChI=1S/C18H17NO2/c1-3-21-18(20)15-6-4-5-7-17(15)19-11-10-14-12-13(2)8-9-16(14)19/h4-12H,3H2,1-2H3. The molecular weight excluding hydrogens is 262 g/mol. The second kappa shape index (κ2) is 5.44. The molecule has 0 radical (unpaired) electrons. The lowest BCUT2D eigenvalue weighted by Gasteiger charge is -2.11. The second-order valence-electron chi connectivity index (χ2n) is 4.99. The summed E-state index contributed by atoms with van der Waals surface area (Å²) in [4.78, 5) is 12.1. The third-order valence-corrected chi connectivity index (χ3v) is 3.50. The van der Waals surface area contributed by atoms with E-state index in [2.05, 4.69) is 31.2 Å². The number of aryl methyl sites for hydroxylation is 1. The molecular formula is C18H17NO2. The van der Waals surface area contributed by atoms with Crippen molar-refractivity contribution < 1.29 is 9.53 Å². The molecule has 0 saturated carbocycles.